The summed E-state index contributed by atoms with van der Waals surface area (Å²) in [6.07, 6.45) is 0. The number of fused-ring (bicyclic) bond motifs is 1. The molecule has 0 saturated heterocycles. The molecule has 0 fully saturated rings. The first-order chi connectivity index (χ1) is 13.4. The van der Waals surface area contributed by atoms with Crippen molar-refractivity contribution in [2.24, 2.45) is 0 Å². The van der Waals surface area contributed by atoms with Gasteiger partial charge in [-0.05, 0) is 61.7 Å². The maximum absolute atomic E-state index is 13.6. The van der Waals surface area contributed by atoms with Gasteiger partial charge in [0.15, 0.2) is 5.78 Å². The molecule has 1 N–H and O–H groups in total. The molecule has 4 heteroatoms. The molecule has 0 radical (unpaired) electrons. The summed E-state index contributed by atoms with van der Waals surface area (Å²) in [6.45, 7) is 5.62. The molecule has 3 aromatic carbocycles. The molecule has 0 aliphatic carbocycles. The normalized spacial score (nSPS) is 15.6. The van der Waals surface area contributed by atoms with Crippen molar-refractivity contribution in [2.45, 2.75) is 26.8 Å². The van der Waals surface area contributed by atoms with Gasteiger partial charge >= 0.3 is 0 Å². The minimum absolute atomic E-state index is 0.0312. The number of carbonyl (C=O) groups is 2. The molecule has 140 valence electrons. The van der Waals surface area contributed by atoms with Crippen LogP contribution < -0.4 is 4.90 Å². The maximum Gasteiger partial charge on any atom is 0.259 e. The highest BCUT2D eigenvalue weighted by atomic mass is 16.3. The van der Waals surface area contributed by atoms with Crippen LogP contribution in [0.25, 0.3) is 0 Å². The third kappa shape index (κ3) is 2.78. The van der Waals surface area contributed by atoms with Crippen molar-refractivity contribution in [2.75, 3.05) is 4.90 Å². The van der Waals surface area contributed by atoms with Crippen LogP contribution in [0.3, 0.4) is 0 Å². The Bertz CT molecular complexity index is 1100. The summed E-state index contributed by atoms with van der Waals surface area (Å²) < 4.78 is 0. The Morgan fingerprint density at radius 3 is 2.32 bits per heavy atom. The van der Waals surface area contributed by atoms with Gasteiger partial charge in [0.05, 0.1) is 5.56 Å². The van der Waals surface area contributed by atoms with Crippen LogP contribution in [-0.4, -0.2) is 16.8 Å². The van der Waals surface area contributed by atoms with Gasteiger partial charge < -0.3 is 5.11 Å². The zero-order valence-electron chi connectivity index (χ0n) is 16.1. The van der Waals surface area contributed by atoms with Crippen LogP contribution in [-0.2, 0) is 0 Å². The average molecular weight is 371 g/mol. The third-order valence-electron chi connectivity index (χ3n) is 5.23. The Morgan fingerprint density at radius 2 is 1.61 bits per heavy atom. The predicted molar refractivity (Wildman–Crippen MR) is 109 cm³/mol. The Hall–Kier alpha value is -3.40. The quantitative estimate of drug-likeness (QED) is 0.666. The number of anilines is 1. The second-order valence-corrected chi connectivity index (χ2v) is 7.34. The maximum atomic E-state index is 13.6. The average Bonchev–Trinajstić information content (AvgIpc) is 2.98. The highest BCUT2D eigenvalue weighted by molar-refractivity contribution is 6.19. The molecular weight excluding hydrogens is 350 g/mol. The molecule has 1 atom stereocenters. The summed E-state index contributed by atoms with van der Waals surface area (Å²) in [5.41, 5.74) is 4.68. The number of carbonyl (C=O) groups excluding carboxylic acids is 2. The number of nitrogens with zero attached hydrogens (tertiary/aromatic N) is 1. The lowest BCUT2D eigenvalue weighted by Gasteiger charge is -2.25. The molecule has 1 heterocycles. The van der Waals surface area contributed by atoms with Gasteiger partial charge in [-0.25, -0.2) is 0 Å². The summed E-state index contributed by atoms with van der Waals surface area (Å²) in [5, 5.41) is 10.5. The SMILES string of the molecule is Cc1ccc(N2C(=O)c3ccccc3[C@H]2C(=O)c2cc(C)cc(C)c2O)cc1. The van der Waals surface area contributed by atoms with Gasteiger partial charge in [0.2, 0.25) is 0 Å². The lowest BCUT2D eigenvalue weighted by Crippen LogP contribution is -2.32. The summed E-state index contributed by atoms with van der Waals surface area (Å²) >= 11 is 0. The van der Waals surface area contributed by atoms with Gasteiger partial charge in [-0.2, -0.15) is 0 Å². The van der Waals surface area contributed by atoms with Crippen LogP contribution in [0.1, 0.15) is 49.0 Å². The minimum Gasteiger partial charge on any atom is -0.507 e. The highest BCUT2D eigenvalue weighted by Crippen LogP contribution is 2.41. The third-order valence-corrected chi connectivity index (χ3v) is 5.23. The molecule has 0 spiro atoms. The van der Waals surface area contributed by atoms with Crippen LogP contribution >= 0.6 is 0 Å². The van der Waals surface area contributed by atoms with Gasteiger partial charge in [-0.3, -0.25) is 14.5 Å². The van der Waals surface area contributed by atoms with Crippen molar-refractivity contribution >= 4 is 17.4 Å². The molecule has 1 aliphatic heterocycles. The zero-order chi connectivity index (χ0) is 20.0. The van der Waals surface area contributed by atoms with Gasteiger partial charge in [0, 0.05) is 11.3 Å². The van der Waals surface area contributed by atoms with E-state index in [1.54, 1.807) is 25.1 Å². The molecule has 1 aliphatic rings. The van der Waals surface area contributed by atoms with Gasteiger partial charge in [-0.1, -0.05) is 42.0 Å². The first-order valence-electron chi connectivity index (χ1n) is 9.22. The Kier molecular flexibility index (Phi) is 4.27. The second-order valence-electron chi connectivity index (χ2n) is 7.34. The van der Waals surface area contributed by atoms with E-state index in [0.29, 0.717) is 22.4 Å². The number of Topliss-reactive ketones (excluding diaryl/α,β-unsaturated/α-hetero) is 1. The number of ketones is 1. The Labute approximate surface area is 164 Å². The van der Waals surface area contributed by atoms with Crippen molar-refractivity contribution in [3.63, 3.8) is 0 Å². The Balaban J connectivity index is 1.89. The summed E-state index contributed by atoms with van der Waals surface area (Å²) in [6, 6.07) is 17.4. The van der Waals surface area contributed by atoms with E-state index in [9.17, 15) is 14.7 Å². The minimum atomic E-state index is -0.807. The molecule has 1 amide bonds. The van der Waals surface area contributed by atoms with E-state index in [4.69, 9.17) is 0 Å². The molecule has 3 aromatic rings. The van der Waals surface area contributed by atoms with Crippen molar-refractivity contribution in [1.29, 1.82) is 0 Å². The molecule has 0 saturated carbocycles. The van der Waals surface area contributed by atoms with E-state index >= 15 is 0 Å². The summed E-state index contributed by atoms with van der Waals surface area (Å²) in [7, 11) is 0. The fourth-order valence-electron chi connectivity index (χ4n) is 3.84. The molecule has 4 nitrogen and oxygen atoms in total. The molecule has 28 heavy (non-hydrogen) atoms. The molecule has 0 unspecified atom stereocenters. The second kappa shape index (κ2) is 6.64. The molecule has 0 bridgehead atoms. The smallest absolute Gasteiger partial charge is 0.259 e. The first kappa shape index (κ1) is 18.0. The summed E-state index contributed by atoms with van der Waals surface area (Å²) in [4.78, 5) is 28.3. The molecule has 4 rings (SSSR count). The number of phenols is 1. The number of aromatic hydroxyl groups is 1. The van der Waals surface area contributed by atoms with E-state index in [2.05, 4.69) is 0 Å². The van der Waals surface area contributed by atoms with E-state index in [0.717, 1.165) is 11.1 Å². The number of amides is 1. The van der Waals surface area contributed by atoms with Crippen molar-refractivity contribution in [3.05, 3.63) is 94.0 Å². The lowest BCUT2D eigenvalue weighted by molar-refractivity contribution is 0.0914. The monoisotopic (exact) mass is 371 g/mol. The van der Waals surface area contributed by atoms with Crippen LogP contribution in [0.4, 0.5) is 5.69 Å². The van der Waals surface area contributed by atoms with Crippen molar-refractivity contribution in [1.82, 2.24) is 0 Å². The fourth-order valence-corrected chi connectivity index (χ4v) is 3.84. The van der Waals surface area contributed by atoms with E-state index < -0.39 is 6.04 Å². The number of phenolic OH excluding ortho intramolecular Hbond substituents is 1. The van der Waals surface area contributed by atoms with Crippen LogP contribution in [0.5, 0.6) is 5.75 Å². The van der Waals surface area contributed by atoms with Crippen molar-refractivity contribution < 1.29 is 14.7 Å². The fraction of sp³-hybridized carbons (Fsp3) is 0.167. The van der Waals surface area contributed by atoms with Crippen LogP contribution in [0.15, 0.2) is 60.7 Å². The summed E-state index contributed by atoms with van der Waals surface area (Å²) in [5.74, 6) is -0.527. The van der Waals surface area contributed by atoms with E-state index in [1.807, 2.05) is 56.3 Å². The molecular formula is C24H21NO3. The highest BCUT2D eigenvalue weighted by Gasteiger charge is 2.42. The lowest BCUT2D eigenvalue weighted by atomic mass is 9.93. The van der Waals surface area contributed by atoms with Gasteiger partial charge in [0.25, 0.3) is 5.91 Å². The van der Waals surface area contributed by atoms with Crippen LogP contribution in [0.2, 0.25) is 0 Å². The van der Waals surface area contributed by atoms with Gasteiger partial charge in [-0.15, -0.1) is 0 Å². The van der Waals surface area contributed by atoms with E-state index in [1.165, 1.54) is 4.90 Å². The topological polar surface area (TPSA) is 57.6 Å². The predicted octanol–water partition coefficient (Wildman–Crippen LogP) is 4.90. The first-order valence-corrected chi connectivity index (χ1v) is 9.22. The van der Waals surface area contributed by atoms with Gasteiger partial charge in [0.1, 0.15) is 11.8 Å². The van der Waals surface area contributed by atoms with Crippen molar-refractivity contribution in [3.8, 4) is 5.75 Å². The number of benzene rings is 3. The van der Waals surface area contributed by atoms with E-state index in [-0.39, 0.29) is 23.0 Å². The molecule has 0 aromatic heterocycles. The number of hydrogen-bond donors (Lipinski definition) is 1. The van der Waals surface area contributed by atoms with Crippen LogP contribution in [0, 0.1) is 20.8 Å². The zero-order valence-corrected chi connectivity index (χ0v) is 16.1. The number of rotatable bonds is 3. The number of aryl methyl sites for hydroxylation is 3. The largest absolute Gasteiger partial charge is 0.507 e. The number of hydrogen-bond acceptors (Lipinski definition) is 3. The Morgan fingerprint density at radius 1 is 0.929 bits per heavy atom. The standard InChI is InChI=1S/C24H21NO3/c1-14-8-10-17(11-9-14)25-21(18-6-4-5-7-19(18)24(25)28)23(27)20-13-15(2)12-16(3)22(20)26/h4-13,21,26H,1-3H3/t21-/m0/s1.